The molecular weight excluding hydrogens is 216 g/mol. The van der Waals surface area contributed by atoms with E-state index in [1.165, 1.54) is 18.4 Å². The Labute approximate surface area is 103 Å². The Morgan fingerprint density at radius 2 is 2.06 bits per heavy atom. The van der Waals surface area contributed by atoms with Gasteiger partial charge in [0.2, 0.25) is 0 Å². The van der Waals surface area contributed by atoms with E-state index >= 15 is 0 Å². The second-order valence-corrected chi connectivity index (χ2v) is 4.39. The zero-order valence-corrected chi connectivity index (χ0v) is 10.9. The molecule has 1 N–H and O–H groups in total. The van der Waals surface area contributed by atoms with E-state index in [1.54, 1.807) is 11.8 Å². The number of hydrogen-bond acceptors (Lipinski definition) is 2. The Morgan fingerprint density at radius 1 is 1.31 bits per heavy atom. The first-order valence-corrected chi connectivity index (χ1v) is 6.95. The van der Waals surface area contributed by atoms with Crippen molar-refractivity contribution in [2.24, 2.45) is 4.99 Å². The lowest BCUT2D eigenvalue weighted by molar-refractivity contribution is 0.756. The molecule has 0 amide bonds. The van der Waals surface area contributed by atoms with Gasteiger partial charge < -0.3 is 5.32 Å². The van der Waals surface area contributed by atoms with Gasteiger partial charge >= 0.3 is 0 Å². The number of aliphatic imine (C=N–C) groups is 1. The van der Waals surface area contributed by atoms with Crippen molar-refractivity contribution >= 4 is 16.9 Å². The van der Waals surface area contributed by atoms with Crippen LogP contribution < -0.4 is 5.32 Å². The second-order valence-electron chi connectivity index (χ2n) is 3.59. The Hall–Kier alpha value is -0.960. The normalized spacial score (nSPS) is 11.5. The summed E-state index contributed by atoms with van der Waals surface area (Å²) >= 11 is 1.68. The van der Waals surface area contributed by atoms with Crippen LogP contribution in [0.15, 0.2) is 35.3 Å². The maximum Gasteiger partial charge on any atom is 0.156 e. The first-order chi connectivity index (χ1) is 7.86. The van der Waals surface area contributed by atoms with Crippen LogP contribution in [-0.4, -0.2) is 18.0 Å². The fourth-order valence-electron chi connectivity index (χ4n) is 1.31. The number of amidine groups is 1. The molecule has 1 aromatic rings. The maximum absolute atomic E-state index is 4.55. The van der Waals surface area contributed by atoms with Gasteiger partial charge in [0, 0.05) is 6.54 Å². The number of benzene rings is 1. The molecule has 1 rings (SSSR count). The van der Waals surface area contributed by atoms with E-state index in [1.807, 2.05) is 18.2 Å². The highest BCUT2D eigenvalue weighted by molar-refractivity contribution is 8.13. The maximum atomic E-state index is 4.55. The van der Waals surface area contributed by atoms with Gasteiger partial charge in [-0.1, -0.05) is 55.4 Å². The molecule has 0 unspecified atom stereocenters. The highest BCUT2D eigenvalue weighted by atomic mass is 32.2. The third-order valence-electron chi connectivity index (χ3n) is 2.25. The monoisotopic (exact) mass is 236 g/mol. The summed E-state index contributed by atoms with van der Waals surface area (Å²) in [7, 11) is 0. The van der Waals surface area contributed by atoms with Crippen molar-refractivity contribution < 1.29 is 0 Å². The Bertz CT molecular complexity index is 309. The molecule has 16 heavy (non-hydrogen) atoms. The number of nitrogens with one attached hydrogen (secondary N) is 1. The molecule has 0 aliphatic rings. The number of thioether (sulfide) groups is 1. The van der Waals surface area contributed by atoms with Gasteiger partial charge in [-0.25, -0.2) is 0 Å². The van der Waals surface area contributed by atoms with Gasteiger partial charge in [-0.2, -0.15) is 0 Å². The van der Waals surface area contributed by atoms with Crippen molar-refractivity contribution in [2.45, 2.75) is 26.3 Å². The largest absolute Gasteiger partial charge is 0.365 e. The molecule has 0 fully saturated rings. The van der Waals surface area contributed by atoms with Crippen molar-refractivity contribution in [3.8, 4) is 0 Å². The predicted octanol–water partition coefficient (Wildman–Crippen LogP) is 3.30. The van der Waals surface area contributed by atoms with Crippen LogP contribution in [0.4, 0.5) is 0 Å². The van der Waals surface area contributed by atoms with Gasteiger partial charge in [0.1, 0.15) is 0 Å². The quantitative estimate of drug-likeness (QED) is 0.482. The van der Waals surface area contributed by atoms with Crippen molar-refractivity contribution in [1.29, 1.82) is 0 Å². The smallest absolute Gasteiger partial charge is 0.156 e. The molecule has 0 atom stereocenters. The predicted molar refractivity (Wildman–Crippen MR) is 74.0 cm³/mol. The van der Waals surface area contributed by atoms with Crippen LogP contribution in [0, 0.1) is 0 Å². The Morgan fingerprint density at radius 3 is 2.69 bits per heavy atom. The number of nitrogens with zero attached hydrogens (tertiary/aromatic N) is 1. The summed E-state index contributed by atoms with van der Waals surface area (Å²) in [6, 6.07) is 10.3. The SMILES string of the molecule is CCCCNC(=NCc1ccccc1)SC. The molecule has 0 aliphatic carbocycles. The summed E-state index contributed by atoms with van der Waals surface area (Å²) in [6.07, 6.45) is 4.47. The summed E-state index contributed by atoms with van der Waals surface area (Å²) in [5.74, 6) is 0. The van der Waals surface area contributed by atoms with Gasteiger partial charge in [-0.05, 0) is 18.2 Å². The fraction of sp³-hybridized carbons (Fsp3) is 0.462. The molecule has 3 heteroatoms. The van der Waals surface area contributed by atoms with Crippen LogP contribution in [0.3, 0.4) is 0 Å². The third kappa shape index (κ3) is 5.21. The molecule has 0 bridgehead atoms. The van der Waals surface area contributed by atoms with Crippen molar-refractivity contribution in [1.82, 2.24) is 5.32 Å². The first-order valence-electron chi connectivity index (χ1n) is 5.73. The molecule has 1 aromatic carbocycles. The van der Waals surface area contributed by atoms with Gasteiger partial charge in [-0.3, -0.25) is 4.99 Å². The Kier molecular flexibility index (Phi) is 6.74. The van der Waals surface area contributed by atoms with Crippen LogP contribution in [0.5, 0.6) is 0 Å². The zero-order chi connectivity index (χ0) is 11.6. The minimum absolute atomic E-state index is 0.760. The summed E-state index contributed by atoms with van der Waals surface area (Å²) in [5.41, 5.74) is 1.26. The second kappa shape index (κ2) is 8.22. The molecule has 0 aliphatic heterocycles. The van der Waals surface area contributed by atoms with E-state index in [-0.39, 0.29) is 0 Å². The fourth-order valence-corrected chi connectivity index (χ4v) is 1.75. The minimum atomic E-state index is 0.760. The summed E-state index contributed by atoms with van der Waals surface area (Å²) in [4.78, 5) is 4.55. The summed E-state index contributed by atoms with van der Waals surface area (Å²) in [6.45, 7) is 3.97. The lowest BCUT2D eigenvalue weighted by Gasteiger charge is -2.06. The van der Waals surface area contributed by atoms with Crippen molar-refractivity contribution in [3.05, 3.63) is 35.9 Å². The van der Waals surface area contributed by atoms with Gasteiger partial charge in [0.25, 0.3) is 0 Å². The van der Waals surface area contributed by atoms with Crippen molar-refractivity contribution in [2.75, 3.05) is 12.8 Å². The number of unbranched alkanes of at least 4 members (excludes halogenated alkanes) is 1. The van der Waals surface area contributed by atoms with Gasteiger partial charge in [0.15, 0.2) is 5.17 Å². The molecule has 0 spiro atoms. The molecular formula is C13H20N2S. The van der Waals surface area contributed by atoms with Crippen LogP contribution in [0.1, 0.15) is 25.3 Å². The number of hydrogen-bond donors (Lipinski definition) is 1. The lowest BCUT2D eigenvalue weighted by Crippen LogP contribution is -2.21. The lowest BCUT2D eigenvalue weighted by atomic mass is 10.2. The standard InChI is InChI=1S/C13H20N2S/c1-3-4-10-14-13(16-2)15-11-12-8-6-5-7-9-12/h5-9H,3-4,10-11H2,1-2H3,(H,14,15). The summed E-state index contributed by atoms with van der Waals surface area (Å²) in [5, 5.41) is 4.39. The molecule has 0 aromatic heterocycles. The van der Waals surface area contributed by atoms with Crippen LogP contribution in [0.2, 0.25) is 0 Å². The van der Waals surface area contributed by atoms with Gasteiger partial charge in [-0.15, -0.1) is 0 Å². The van der Waals surface area contributed by atoms with E-state index in [9.17, 15) is 0 Å². The van der Waals surface area contributed by atoms with Crippen LogP contribution in [0.25, 0.3) is 0 Å². The molecule has 0 saturated heterocycles. The van der Waals surface area contributed by atoms with Crippen LogP contribution in [-0.2, 0) is 6.54 Å². The van der Waals surface area contributed by atoms with Crippen molar-refractivity contribution in [3.63, 3.8) is 0 Å². The molecule has 2 nitrogen and oxygen atoms in total. The molecule has 0 radical (unpaired) electrons. The average molecular weight is 236 g/mol. The van der Waals surface area contributed by atoms with E-state index < -0.39 is 0 Å². The van der Waals surface area contributed by atoms with Crippen LogP contribution >= 0.6 is 11.8 Å². The van der Waals surface area contributed by atoms with E-state index in [4.69, 9.17) is 0 Å². The highest BCUT2D eigenvalue weighted by Gasteiger charge is 1.95. The van der Waals surface area contributed by atoms with Gasteiger partial charge in [0.05, 0.1) is 6.54 Å². The van der Waals surface area contributed by atoms with E-state index in [0.717, 1.165) is 18.3 Å². The third-order valence-corrected chi connectivity index (χ3v) is 2.91. The molecule has 88 valence electrons. The average Bonchev–Trinajstić information content (AvgIpc) is 2.35. The Balaban J connectivity index is 2.40. The first kappa shape index (κ1) is 13.1. The highest BCUT2D eigenvalue weighted by Crippen LogP contribution is 2.03. The van der Waals surface area contributed by atoms with E-state index in [2.05, 4.69) is 35.6 Å². The summed E-state index contributed by atoms with van der Waals surface area (Å²) < 4.78 is 0. The molecule has 0 heterocycles. The zero-order valence-electron chi connectivity index (χ0n) is 10.1. The van der Waals surface area contributed by atoms with E-state index in [0.29, 0.717) is 0 Å². The number of rotatable bonds is 5. The molecule has 0 saturated carbocycles. The minimum Gasteiger partial charge on any atom is -0.365 e. The topological polar surface area (TPSA) is 24.4 Å².